The van der Waals surface area contributed by atoms with Gasteiger partial charge in [-0.3, -0.25) is 4.79 Å². The van der Waals surface area contributed by atoms with Crippen molar-refractivity contribution in [2.75, 3.05) is 11.5 Å². The topological polar surface area (TPSA) is 116 Å². The number of aromatic amines is 1. The van der Waals surface area contributed by atoms with E-state index >= 15 is 0 Å². The van der Waals surface area contributed by atoms with Crippen molar-refractivity contribution in [1.29, 1.82) is 0 Å². The Kier molecular flexibility index (Phi) is 2.09. The molecule has 0 saturated carbocycles. The number of aromatic nitrogens is 4. The molecule has 0 aliphatic carbocycles. The zero-order valence-corrected chi connectivity index (χ0v) is 8.19. The van der Waals surface area contributed by atoms with Crippen LogP contribution < -0.4 is 17.0 Å². The Morgan fingerprint density at radius 3 is 2.80 bits per heavy atom. The lowest BCUT2D eigenvalue weighted by Crippen LogP contribution is -2.16. The lowest BCUT2D eigenvalue weighted by molar-refractivity contribution is 0.843. The van der Waals surface area contributed by atoms with Gasteiger partial charge in [-0.15, -0.1) is 5.10 Å². The fourth-order valence-electron chi connectivity index (χ4n) is 1.06. The average Bonchev–Trinajstić information content (AvgIpc) is 2.51. The molecule has 0 spiro atoms. The number of nitrogens with zero attached hydrogens (tertiary/aromatic N) is 3. The van der Waals surface area contributed by atoms with Crippen LogP contribution in [-0.4, -0.2) is 19.7 Å². The summed E-state index contributed by atoms with van der Waals surface area (Å²) < 4.78 is 1.25. The molecule has 0 fully saturated rings. The molecule has 0 aromatic carbocycles. The number of H-pyrrole nitrogens is 1. The quantitative estimate of drug-likeness (QED) is 0.621. The van der Waals surface area contributed by atoms with Gasteiger partial charge in [-0.05, 0) is 0 Å². The van der Waals surface area contributed by atoms with Crippen LogP contribution in [0.5, 0.6) is 0 Å². The van der Waals surface area contributed by atoms with Crippen LogP contribution in [0.15, 0.2) is 17.3 Å². The highest BCUT2D eigenvalue weighted by molar-refractivity contribution is 6.32. The van der Waals surface area contributed by atoms with Crippen molar-refractivity contribution >= 4 is 23.1 Å². The van der Waals surface area contributed by atoms with Gasteiger partial charge in [0.2, 0.25) is 0 Å². The number of halogens is 1. The summed E-state index contributed by atoms with van der Waals surface area (Å²) >= 11 is 5.71. The SMILES string of the molecule is Nc1nn(-c2nc[nH]c(=O)c2N)cc1Cl. The van der Waals surface area contributed by atoms with E-state index in [1.54, 1.807) is 0 Å². The van der Waals surface area contributed by atoms with E-state index in [4.69, 9.17) is 23.1 Å². The minimum Gasteiger partial charge on any atom is -0.391 e. The fourth-order valence-corrected chi connectivity index (χ4v) is 1.19. The van der Waals surface area contributed by atoms with Crippen LogP contribution in [0.2, 0.25) is 5.02 Å². The average molecular weight is 227 g/mol. The van der Waals surface area contributed by atoms with Crippen molar-refractivity contribution in [3.8, 4) is 5.82 Å². The van der Waals surface area contributed by atoms with Crippen LogP contribution in [0.25, 0.3) is 5.82 Å². The number of nitrogen functional groups attached to an aromatic ring is 2. The molecule has 0 bridgehead atoms. The van der Waals surface area contributed by atoms with Crippen LogP contribution in [0.4, 0.5) is 11.5 Å². The van der Waals surface area contributed by atoms with Gasteiger partial charge >= 0.3 is 0 Å². The number of anilines is 2. The van der Waals surface area contributed by atoms with Crippen LogP contribution in [0.1, 0.15) is 0 Å². The molecule has 8 heteroatoms. The van der Waals surface area contributed by atoms with Gasteiger partial charge in [0.1, 0.15) is 10.7 Å². The minimum atomic E-state index is -0.440. The third-order valence-electron chi connectivity index (χ3n) is 1.78. The van der Waals surface area contributed by atoms with Gasteiger partial charge in [-0.25, -0.2) is 9.67 Å². The van der Waals surface area contributed by atoms with Gasteiger partial charge in [0, 0.05) is 0 Å². The number of rotatable bonds is 1. The number of nitrogens with one attached hydrogen (secondary N) is 1. The summed E-state index contributed by atoms with van der Waals surface area (Å²) in [7, 11) is 0. The first-order valence-corrected chi connectivity index (χ1v) is 4.31. The van der Waals surface area contributed by atoms with Gasteiger partial charge in [-0.2, -0.15) is 0 Å². The van der Waals surface area contributed by atoms with Crippen LogP contribution in [-0.2, 0) is 0 Å². The van der Waals surface area contributed by atoms with E-state index in [0.717, 1.165) is 0 Å². The van der Waals surface area contributed by atoms with Crippen molar-refractivity contribution in [2.45, 2.75) is 0 Å². The molecule has 0 aliphatic heterocycles. The molecule has 7 nitrogen and oxygen atoms in total. The summed E-state index contributed by atoms with van der Waals surface area (Å²) in [5.74, 6) is 0.343. The summed E-state index contributed by atoms with van der Waals surface area (Å²) in [5.41, 5.74) is 10.5. The standard InChI is InChI=1S/C7H7ClN6O/c8-3-1-14(13-5(3)10)6-4(9)7(15)12-2-11-6/h1-2H,9H2,(H2,10,13)(H,11,12,15). The highest BCUT2D eigenvalue weighted by Crippen LogP contribution is 2.18. The fraction of sp³-hybridized carbons (Fsp3) is 0. The Morgan fingerprint density at radius 1 is 1.47 bits per heavy atom. The number of nitrogens with two attached hydrogens (primary N) is 2. The van der Waals surface area contributed by atoms with E-state index in [0.29, 0.717) is 0 Å². The summed E-state index contributed by atoms with van der Waals surface area (Å²) in [6.07, 6.45) is 2.65. The van der Waals surface area contributed by atoms with Crippen molar-refractivity contribution in [1.82, 2.24) is 19.7 Å². The molecule has 0 saturated heterocycles. The van der Waals surface area contributed by atoms with E-state index in [1.165, 1.54) is 17.2 Å². The summed E-state index contributed by atoms with van der Waals surface area (Å²) in [6, 6.07) is 0. The second-order valence-electron chi connectivity index (χ2n) is 2.78. The predicted octanol–water partition coefficient (Wildman–Crippen LogP) is -0.227. The smallest absolute Gasteiger partial charge is 0.276 e. The van der Waals surface area contributed by atoms with Crippen molar-refractivity contribution in [2.24, 2.45) is 0 Å². The Morgan fingerprint density at radius 2 is 2.20 bits per heavy atom. The van der Waals surface area contributed by atoms with E-state index < -0.39 is 5.56 Å². The molecular formula is C7H7ClN6O. The highest BCUT2D eigenvalue weighted by atomic mass is 35.5. The number of hydrogen-bond donors (Lipinski definition) is 3. The normalized spacial score (nSPS) is 10.5. The van der Waals surface area contributed by atoms with Crippen molar-refractivity contribution in [3.05, 3.63) is 27.9 Å². The van der Waals surface area contributed by atoms with Crippen molar-refractivity contribution < 1.29 is 0 Å². The molecule has 2 aromatic rings. The Balaban J connectivity index is 2.64. The molecule has 0 unspecified atom stereocenters. The zero-order chi connectivity index (χ0) is 11.0. The maximum atomic E-state index is 11.2. The van der Waals surface area contributed by atoms with E-state index in [-0.39, 0.29) is 22.3 Å². The number of hydrogen-bond acceptors (Lipinski definition) is 5. The molecule has 0 atom stereocenters. The monoisotopic (exact) mass is 226 g/mol. The Bertz CT molecular complexity index is 539. The maximum Gasteiger partial charge on any atom is 0.276 e. The highest BCUT2D eigenvalue weighted by Gasteiger charge is 2.10. The third-order valence-corrected chi connectivity index (χ3v) is 2.07. The van der Waals surface area contributed by atoms with Crippen molar-refractivity contribution in [3.63, 3.8) is 0 Å². The molecule has 0 amide bonds. The zero-order valence-electron chi connectivity index (χ0n) is 7.44. The van der Waals surface area contributed by atoms with E-state index in [2.05, 4.69) is 15.1 Å². The van der Waals surface area contributed by atoms with Gasteiger partial charge in [0.25, 0.3) is 5.56 Å². The molecule has 2 aromatic heterocycles. The molecule has 0 radical (unpaired) electrons. The van der Waals surface area contributed by atoms with Crippen LogP contribution in [0.3, 0.4) is 0 Å². The predicted molar refractivity (Wildman–Crippen MR) is 55.8 cm³/mol. The summed E-state index contributed by atoms with van der Waals surface area (Å²) in [5, 5.41) is 4.12. The van der Waals surface area contributed by atoms with E-state index in [9.17, 15) is 4.79 Å². The molecule has 15 heavy (non-hydrogen) atoms. The molecule has 0 aliphatic rings. The first kappa shape index (κ1) is 9.53. The third kappa shape index (κ3) is 1.52. The van der Waals surface area contributed by atoms with Gasteiger partial charge in [-0.1, -0.05) is 11.6 Å². The largest absolute Gasteiger partial charge is 0.391 e. The summed E-state index contributed by atoms with van der Waals surface area (Å²) in [6.45, 7) is 0. The molecular weight excluding hydrogens is 220 g/mol. The first-order valence-electron chi connectivity index (χ1n) is 3.94. The molecule has 78 valence electrons. The maximum absolute atomic E-state index is 11.2. The van der Waals surface area contributed by atoms with Gasteiger partial charge < -0.3 is 16.5 Å². The minimum absolute atomic E-state index is 0.0448. The molecule has 5 N–H and O–H groups in total. The lowest BCUT2D eigenvalue weighted by Gasteiger charge is -2.01. The molecule has 2 heterocycles. The lowest BCUT2D eigenvalue weighted by atomic mass is 10.5. The second kappa shape index (κ2) is 3.28. The van der Waals surface area contributed by atoms with Crippen LogP contribution >= 0.6 is 11.6 Å². The Labute approximate surface area is 88.7 Å². The van der Waals surface area contributed by atoms with Gasteiger partial charge in [0.15, 0.2) is 11.6 Å². The van der Waals surface area contributed by atoms with Crippen LogP contribution in [0, 0.1) is 0 Å². The van der Waals surface area contributed by atoms with Gasteiger partial charge in [0.05, 0.1) is 12.5 Å². The summed E-state index contributed by atoms with van der Waals surface area (Å²) in [4.78, 5) is 17.4. The molecule has 2 rings (SSSR count). The first-order chi connectivity index (χ1) is 7.09. The Hall–Kier alpha value is -2.02. The van der Waals surface area contributed by atoms with E-state index in [1.807, 2.05) is 0 Å². The second-order valence-corrected chi connectivity index (χ2v) is 3.18.